The summed E-state index contributed by atoms with van der Waals surface area (Å²) in [6, 6.07) is 8.88. The summed E-state index contributed by atoms with van der Waals surface area (Å²) in [7, 11) is 0. The number of carbonyl (C=O) groups excluding carboxylic acids is 1. The molecule has 1 fully saturated rings. The number of piperidine rings is 1. The van der Waals surface area contributed by atoms with Crippen LogP contribution in [-0.2, 0) is 0 Å². The number of anilines is 1. The molecule has 1 saturated heterocycles. The van der Waals surface area contributed by atoms with Crippen molar-refractivity contribution < 1.29 is 9.18 Å². The molecular weight excluding hydrogens is 307 g/mol. The van der Waals surface area contributed by atoms with E-state index in [2.05, 4.69) is 4.98 Å². The molecule has 0 aliphatic carbocycles. The summed E-state index contributed by atoms with van der Waals surface area (Å²) in [5.41, 5.74) is 13.6. The van der Waals surface area contributed by atoms with Crippen molar-refractivity contribution in [3.63, 3.8) is 0 Å². The molecule has 1 amide bonds. The number of benzene rings is 2. The molecule has 3 aromatic rings. The Labute approximate surface area is 138 Å². The summed E-state index contributed by atoms with van der Waals surface area (Å²) in [6.07, 6.45) is 1.86. The van der Waals surface area contributed by atoms with Gasteiger partial charge in [-0.15, -0.1) is 0 Å². The van der Waals surface area contributed by atoms with Crippen molar-refractivity contribution in [3.8, 4) is 0 Å². The van der Waals surface area contributed by atoms with Gasteiger partial charge in [0.15, 0.2) is 0 Å². The topological polar surface area (TPSA) is 88.1 Å². The Balaban J connectivity index is 2.07. The van der Waals surface area contributed by atoms with E-state index in [0.717, 1.165) is 30.3 Å². The highest BCUT2D eigenvalue weighted by Crippen LogP contribution is 2.38. The smallest absolute Gasteiger partial charge is 0.250 e. The zero-order valence-electron chi connectivity index (χ0n) is 13.2. The Morgan fingerprint density at radius 1 is 1.33 bits per heavy atom. The lowest BCUT2D eigenvalue weighted by Gasteiger charge is -2.33. The van der Waals surface area contributed by atoms with Crippen LogP contribution < -0.4 is 16.4 Å². The number of hydrogen-bond acceptors (Lipinski definition) is 3. The second-order valence-corrected chi connectivity index (χ2v) is 6.39. The second-order valence-electron chi connectivity index (χ2n) is 6.39. The minimum atomic E-state index is -0.646. The van der Waals surface area contributed by atoms with Crippen molar-refractivity contribution >= 4 is 33.4 Å². The van der Waals surface area contributed by atoms with Gasteiger partial charge >= 0.3 is 0 Å². The number of H-pyrrole nitrogens is 1. The number of para-hydroxylation sites is 1. The normalized spacial score (nSPS) is 18.4. The summed E-state index contributed by atoms with van der Waals surface area (Å²) < 4.78 is 15.0. The second kappa shape index (κ2) is 5.49. The number of nitrogens with two attached hydrogens (primary N) is 2. The van der Waals surface area contributed by atoms with Crippen molar-refractivity contribution in [1.82, 2.24) is 4.98 Å². The van der Waals surface area contributed by atoms with Gasteiger partial charge in [0.1, 0.15) is 5.82 Å². The van der Waals surface area contributed by atoms with Crippen LogP contribution in [0.1, 0.15) is 23.2 Å². The van der Waals surface area contributed by atoms with Crippen molar-refractivity contribution in [2.45, 2.75) is 18.9 Å². The van der Waals surface area contributed by atoms with E-state index in [-0.39, 0.29) is 11.6 Å². The lowest BCUT2D eigenvalue weighted by molar-refractivity contribution is 0.100. The fourth-order valence-corrected chi connectivity index (χ4v) is 3.69. The summed E-state index contributed by atoms with van der Waals surface area (Å²) in [6.45, 7) is 1.34. The molecule has 6 heteroatoms. The van der Waals surface area contributed by atoms with E-state index in [1.807, 2.05) is 29.2 Å². The maximum atomic E-state index is 15.0. The van der Waals surface area contributed by atoms with Gasteiger partial charge in [-0.05, 0) is 25.0 Å². The number of primary amides is 1. The number of fused-ring (bicyclic) bond motifs is 3. The zero-order chi connectivity index (χ0) is 16.8. The summed E-state index contributed by atoms with van der Waals surface area (Å²) in [5, 5.41) is 1.58. The van der Waals surface area contributed by atoms with E-state index in [9.17, 15) is 9.18 Å². The van der Waals surface area contributed by atoms with Crippen LogP contribution in [0.15, 0.2) is 30.3 Å². The van der Waals surface area contributed by atoms with Crippen LogP contribution in [0.2, 0.25) is 0 Å². The first-order valence-electron chi connectivity index (χ1n) is 8.09. The number of nitrogens with zero attached hydrogens (tertiary/aromatic N) is 1. The molecule has 0 unspecified atom stereocenters. The number of nitrogens with one attached hydrogen (secondary N) is 1. The fourth-order valence-electron chi connectivity index (χ4n) is 3.69. The average molecular weight is 326 g/mol. The molecule has 5 nitrogen and oxygen atoms in total. The van der Waals surface area contributed by atoms with Crippen LogP contribution in [0.4, 0.5) is 10.1 Å². The zero-order valence-corrected chi connectivity index (χ0v) is 13.2. The largest absolute Gasteiger partial charge is 0.367 e. The van der Waals surface area contributed by atoms with Crippen LogP contribution in [0, 0.1) is 5.82 Å². The first-order chi connectivity index (χ1) is 11.6. The molecule has 2 aromatic carbocycles. The number of aromatic amines is 1. The van der Waals surface area contributed by atoms with E-state index in [0.29, 0.717) is 23.1 Å². The first kappa shape index (κ1) is 15.0. The van der Waals surface area contributed by atoms with Crippen LogP contribution in [0.5, 0.6) is 0 Å². The Morgan fingerprint density at radius 2 is 2.12 bits per heavy atom. The SMILES string of the molecule is NC(=O)c1cc(F)c(N2CCC[C@@H](N)C2)c2c1[nH]c1ccccc12. The predicted octanol–water partition coefficient (Wildman–Crippen LogP) is 2.49. The summed E-state index contributed by atoms with van der Waals surface area (Å²) in [4.78, 5) is 17.0. The standard InChI is InChI=1S/C18H19FN4O/c19-13-8-12(18(21)24)16-15(11-5-1-2-6-14(11)22-16)17(13)23-7-3-4-10(20)9-23/h1-2,5-6,8,10,22H,3-4,7,9,20H2,(H2,21,24)/t10-/m1/s1. The number of carbonyl (C=O) groups is 1. The monoisotopic (exact) mass is 326 g/mol. The third-order valence-corrected chi connectivity index (χ3v) is 4.75. The van der Waals surface area contributed by atoms with E-state index in [4.69, 9.17) is 11.5 Å². The molecule has 1 aliphatic rings. The number of amides is 1. The third-order valence-electron chi connectivity index (χ3n) is 4.75. The quantitative estimate of drug-likeness (QED) is 0.676. The van der Waals surface area contributed by atoms with Crippen LogP contribution >= 0.6 is 0 Å². The molecular formula is C18H19FN4O. The molecule has 4 rings (SSSR count). The van der Waals surface area contributed by atoms with Crippen molar-refractivity contribution in [2.75, 3.05) is 18.0 Å². The summed E-state index contributed by atoms with van der Waals surface area (Å²) >= 11 is 0. The lowest BCUT2D eigenvalue weighted by atomic mass is 10.0. The van der Waals surface area contributed by atoms with Gasteiger partial charge < -0.3 is 21.4 Å². The molecule has 5 N–H and O–H groups in total. The average Bonchev–Trinajstić information content (AvgIpc) is 2.93. The minimum Gasteiger partial charge on any atom is -0.367 e. The Bertz CT molecular complexity index is 949. The van der Waals surface area contributed by atoms with E-state index in [1.54, 1.807) is 0 Å². The highest BCUT2D eigenvalue weighted by atomic mass is 19.1. The highest BCUT2D eigenvalue weighted by molar-refractivity contribution is 6.19. The van der Waals surface area contributed by atoms with Gasteiger partial charge in [-0.2, -0.15) is 0 Å². The predicted molar refractivity (Wildman–Crippen MR) is 93.7 cm³/mol. The first-order valence-corrected chi connectivity index (χ1v) is 8.09. The Hall–Kier alpha value is -2.60. The molecule has 2 heterocycles. The molecule has 1 aromatic heterocycles. The van der Waals surface area contributed by atoms with Crippen LogP contribution in [0.3, 0.4) is 0 Å². The lowest BCUT2D eigenvalue weighted by Crippen LogP contribution is -2.43. The van der Waals surface area contributed by atoms with Crippen molar-refractivity contribution in [1.29, 1.82) is 0 Å². The van der Waals surface area contributed by atoms with E-state index in [1.165, 1.54) is 6.07 Å². The van der Waals surface area contributed by atoms with Crippen molar-refractivity contribution in [3.05, 3.63) is 41.7 Å². The highest BCUT2D eigenvalue weighted by Gasteiger charge is 2.26. The van der Waals surface area contributed by atoms with Crippen LogP contribution in [-0.4, -0.2) is 30.0 Å². The van der Waals surface area contributed by atoms with E-state index >= 15 is 0 Å². The number of rotatable bonds is 2. The third kappa shape index (κ3) is 2.22. The minimum absolute atomic E-state index is 0.0224. The van der Waals surface area contributed by atoms with Crippen molar-refractivity contribution in [2.24, 2.45) is 11.5 Å². The molecule has 0 spiro atoms. The van der Waals surface area contributed by atoms with Gasteiger partial charge in [-0.3, -0.25) is 4.79 Å². The maximum Gasteiger partial charge on any atom is 0.250 e. The van der Waals surface area contributed by atoms with E-state index < -0.39 is 11.7 Å². The number of hydrogen-bond donors (Lipinski definition) is 3. The van der Waals surface area contributed by atoms with Gasteiger partial charge in [-0.1, -0.05) is 18.2 Å². The molecule has 0 radical (unpaired) electrons. The molecule has 1 atom stereocenters. The maximum absolute atomic E-state index is 15.0. The molecule has 0 saturated carbocycles. The Morgan fingerprint density at radius 3 is 2.88 bits per heavy atom. The van der Waals surface area contributed by atoms with Gasteiger partial charge in [0, 0.05) is 35.4 Å². The Kier molecular flexibility index (Phi) is 3.42. The fraction of sp³-hybridized carbons (Fsp3) is 0.278. The number of aromatic nitrogens is 1. The van der Waals surface area contributed by atoms with Gasteiger partial charge in [0.25, 0.3) is 5.91 Å². The molecule has 0 bridgehead atoms. The van der Waals surface area contributed by atoms with Gasteiger partial charge in [0.05, 0.1) is 16.8 Å². The number of halogens is 1. The van der Waals surface area contributed by atoms with Gasteiger partial charge in [0.2, 0.25) is 0 Å². The molecule has 24 heavy (non-hydrogen) atoms. The van der Waals surface area contributed by atoms with Gasteiger partial charge in [-0.25, -0.2) is 4.39 Å². The molecule has 1 aliphatic heterocycles. The van der Waals surface area contributed by atoms with Crippen LogP contribution in [0.25, 0.3) is 21.8 Å². The molecule has 124 valence electrons. The summed E-state index contributed by atoms with van der Waals surface area (Å²) in [5.74, 6) is -1.08.